The van der Waals surface area contributed by atoms with Crippen LogP contribution in [-0.2, 0) is 4.74 Å². The monoisotopic (exact) mass is 469 g/mol. The lowest BCUT2D eigenvalue weighted by atomic mass is 9.90. The summed E-state index contributed by atoms with van der Waals surface area (Å²) in [5.74, 6) is -0.354. The fourth-order valence-corrected chi connectivity index (χ4v) is 4.00. The Morgan fingerprint density at radius 3 is 2.82 bits per heavy atom. The lowest BCUT2D eigenvalue weighted by Crippen LogP contribution is -2.42. The summed E-state index contributed by atoms with van der Waals surface area (Å²) in [5, 5.41) is 3.86. The van der Waals surface area contributed by atoms with Gasteiger partial charge >= 0.3 is 0 Å². The second-order valence-electron chi connectivity index (χ2n) is 8.15. The molecule has 1 aliphatic rings. The highest BCUT2D eigenvalue weighted by Gasteiger charge is 2.26. The summed E-state index contributed by atoms with van der Waals surface area (Å²) >= 11 is 0. The lowest BCUT2D eigenvalue weighted by molar-refractivity contribution is 0.1000. The maximum atomic E-state index is 15.7. The molecule has 0 spiro atoms. The summed E-state index contributed by atoms with van der Waals surface area (Å²) in [6.07, 6.45) is 7.91. The van der Waals surface area contributed by atoms with E-state index in [-0.39, 0.29) is 29.0 Å². The number of fused-ring (bicyclic) bond motifs is 1. The van der Waals surface area contributed by atoms with E-state index < -0.39 is 5.91 Å². The predicted octanol–water partition coefficient (Wildman–Crippen LogP) is 2.85. The molecule has 4 rings (SSSR count). The highest BCUT2D eigenvalue weighted by Crippen LogP contribution is 2.38. The third-order valence-corrected chi connectivity index (χ3v) is 5.80. The van der Waals surface area contributed by atoms with E-state index in [4.69, 9.17) is 20.9 Å². The minimum absolute atomic E-state index is 0.0546. The molecule has 1 saturated carbocycles. The summed E-state index contributed by atoms with van der Waals surface area (Å²) in [6, 6.07) is 4.46. The molecule has 3 aromatic rings. The van der Waals surface area contributed by atoms with Gasteiger partial charge in [-0.2, -0.15) is 5.12 Å². The van der Waals surface area contributed by atoms with Gasteiger partial charge in [0.25, 0.3) is 0 Å². The molecule has 10 nitrogen and oxygen atoms in total. The van der Waals surface area contributed by atoms with Crippen molar-refractivity contribution < 1.29 is 18.7 Å². The van der Waals surface area contributed by atoms with E-state index in [1.54, 1.807) is 19.2 Å². The maximum absolute atomic E-state index is 15.7. The van der Waals surface area contributed by atoms with Crippen LogP contribution in [0.3, 0.4) is 0 Å². The predicted molar refractivity (Wildman–Crippen MR) is 127 cm³/mol. The van der Waals surface area contributed by atoms with E-state index in [9.17, 15) is 4.79 Å². The zero-order valence-electron chi connectivity index (χ0n) is 18.9. The van der Waals surface area contributed by atoms with Crippen molar-refractivity contribution in [1.82, 2.24) is 15.0 Å². The molecule has 2 atom stereocenters. The van der Waals surface area contributed by atoms with Crippen molar-refractivity contribution in [3.8, 4) is 5.88 Å². The van der Waals surface area contributed by atoms with Gasteiger partial charge in [-0.3, -0.25) is 9.78 Å². The van der Waals surface area contributed by atoms with Crippen molar-refractivity contribution in [3.63, 3.8) is 0 Å². The fraction of sp³-hybridized carbons (Fsp3) is 0.391. The average molecular weight is 470 g/mol. The maximum Gasteiger partial charge on any atom is 0.250 e. The van der Waals surface area contributed by atoms with Crippen LogP contribution in [0.2, 0.25) is 0 Å². The topological polar surface area (TPSA) is 142 Å². The molecule has 1 fully saturated rings. The second-order valence-corrected chi connectivity index (χ2v) is 8.15. The average Bonchev–Trinajstić information content (AvgIpc) is 2.85. The van der Waals surface area contributed by atoms with Crippen molar-refractivity contribution >= 4 is 34.0 Å². The first kappa shape index (κ1) is 23.6. The molecule has 11 heteroatoms. The third kappa shape index (κ3) is 5.15. The van der Waals surface area contributed by atoms with Crippen molar-refractivity contribution in [2.45, 2.75) is 37.8 Å². The molecule has 2 heterocycles. The van der Waals surface area contributed by atoms with Gasteiger partial charge in [0.15, 0.2) is 0 Å². The van der Waals surface area contributed by atoms with Crippen LogP contribution in [-0.4, -0.2) is 53.3 Å². The van der Waals surface area contributed by atoms with Crippen LogP contribution in [0.4, 0.5) is 21.5 Å². The number of pyridine rings is 1. The summed E-state index contributed by atoms with van der Waals surface area (Å²) in [7, 11) is 1.59. The van der Waals surface area contributed by atoms with Crippen LogP contribution >= 0.6 is 0 Å². The number of nitrogens with two attached hydrogens (primary N) is 2. The van der Waals surface area contributed by atoms with Crippen LogP contribution in [0, 0.1) is 0 Å². The van der Waals surface area contributed by atoms with E-state index in [1.165, 1.54) is 24.7 Å². The van der Waals surface area contributed by atoms with E-state index in [0.29, 0.717) is 40.9 Å². The highest BCUT2D eigenvalue weighted by molar-refractivity contribution is 5.98. The molecular weight excluding hydrogens is 441 g/mol. The molecular formula is C23H28FN7O3. The van der Waals surface area contributed by atoms with Gasteiger partial charge in [-0.25, -0.2) is 9.97 Å². The number of carbonyl (C=O) groups excluding carboxylic acids is 1. The number of ether oxygens (including phenoxy) is 2. The number of amides is 1. The van der Waals surface area contributed by atoms with Crippen molar-refractivity contribution in [2.24, 2.45) is 11.5 Å². The molecule has 0 radical (unpaired) electrons. The molecule has 0 saturated heterocycles. The Labute approximate surface area is 196 Å². The molecule has 0 aliphatic heterocycles. The minimum atomic E-state index is -0.695. The molecule has 1 amide bonds. The normalized spacial score (nSPS) is 18.0. The Morgan fingerprint density at radius 2 is 2.06 bits per heavy atom. The van der Waals surface area contributed by atoms with E-state index in [2.05, 4.69) is 20.3 Å². The zero-order valence-corrected chi connectivity index (χ0v) is 18.9. The number of nitrogens with one attached hydrogen (secondary N) is 1. The van der Waals surface area contributed by atoms with Gasteiger partial charge in [-0.15, -0.1) is 0 Å². The van der Waals surface area contributed by atoms with Crippen LogP contribution in [0.1, 0.15) is 36.0 Å². The zero-order chi connectivity index (χ0) is 24.1. The number of carbonyl (C=O) groups is 1. The Morgan fingerprint density at radius 1 is 1.24 bits per heavy atom. The summed E-state index contributed by atoms with van der Waals surface area (Å²) < 4.78 is 26.3. The number of methoxy groups -OCH3 is 1. The van der Waals surface area contributed by atoms with Gasteiger partial charge in [0, 0.05) is 25.4 Å². The molecule has 5 N–H and O–H groups in total. The lowest BCUT2D eigenvalue weighted by Gasteiger charge is -2.31. The Hall–Kier alpha value is -3.57. The molecule has 2 unspecified atom stereocenters. The Balaban J connectivity index is 1.75. The second kappa shape index (κ2) is 10.6. The van der Waals surface area contributed by atoms with E-state index in [1.807, 2.05) is 0 Å². The SMILES string of the molecule is COCCOc1cnc2c(NC3CCCCC3N)c(N(F)c3cncc(C(N)=O)c3)ccc2n1. The standard InChI is InChI=1S/C23H28FN7O3/c1-33-8-9-34-20-13-28-21-18(29-20)6-7-19(22(21)30-17-5-3-2-4-16(17)25)31(24)15-10-14(23(26)32)11-27-12-15/h6-7,10-13,16-17,30H,2-5,8-9,25H2,1H3,(H2,26,32). The van der Waals surface area contributed by atoms with Crippen LogP contribution in [0.5, 0.6) is 5.88 Å². The number of rotatable bonds is 9. The van der Waals surface area contributed by atoms with Gasteiger partial charge < -0.3 is 26.3 Å². The Kier molecular flexibility index (Phi) is 7.33. The number of hydrogen-bond donors (Lipinski definition) is 3. The number of anilines is 3. The number of halogens is 1. The first-order valence-electron chi connectivity index (χ1n) is 11.1. The quantitative estimate of drug-likeness (QED) is 0.318. The number of benzene rings is 1. The van der Waals surface area contributed by atoms with E-state index >= 15 is 4.48 Å². The number of aromatic nitrogens is 3. The van der Waals surface area contributed by atoms with Crippen LogP contribution in [0.15, 0.2) is 36.8 Å². The molecule has 1 aromatic carbocycles. The Bertz CT molecular complexity index is 1160. The summed E-state index contributed by atoms with van der Waals surface area (Å²) in [6.45, 7) is 0.749. The number of nitrogens with zero attached hydrogens (tertiary/aromatic N) is 4. The number of primary amides is 1. The molecule has 180 valence electrons. The van der Waals surface area contributed by atoms with Crippen molar-refractivity contribution in [2.75, 3.05) is 30.8 Å². The van der Waals surface area contributed by atoms with Crippen LogP contribution < -0.4 is 26.6 Å². The molecule has 1 aliphatic carbocycles. The third-order valence-electron chi connectivity index (χ3n) is 5.80. The molecule has 34 heavy (non-hydrogen) atoms. The van der Waals surface area contributed by atoms with Gasteiger partial charge in [0.05, 0.1) is 41.5 Å². The van der Waals surface area contributed by atoms with E-state index in [0.717, 1.165) is 25.7 Å². The molecule has 0 bridgehead atoms. The largest absolute Gasteiger partial charge is 0.474 e. The van der Waals surface area contributed by atoms with Crippen molar-refractivity contribution in [3.05, 3.63) is 42.4 Å². The first-order chi connectivity index (χ1) is 16.5. The van der Waals surface area contributed by atoms with Gasteiger partial charge in [0.2, 0.25) is 11.8 Å². The van der Waals surface area contributed by atoms with Gasteiger partial charge in [-0.05, 0) is 31.0 Å². The molecule has 2 aromatic heterocycles. The van der Waals surface area contributed by atoms with Gasteiger partial charge in [0.1, 0.15) is 17.8 Å². The van der Waals surface area contributed by atoms with Crippen LogP contribution in [0.25, 0.3) is 11.0 Å². The van der Waals surface area contributed by atoms with Crippen molar-refractivity contribution in [1.29, 1.82) is 0 Å². The fourth-order valence-electron chi connectivity index (χ4n) is 4.00. The first-order valence-corrected chi connectivity index (χ1v) is 11.1. The summed E-state index contributed by atoms with van der Waals surface area (Å²) in [4.78, 5) is 24.5. The van der Waals surface area contributed by atoms with Gasteiger partial charge in [-0.1, -0.05) is 17.3 Å². The highest BCUT2D eigenvalue weighted by atomic mass is 19.2. The summed E-state index contributed by atoms with van der Waals surface area (Å²) in [5.41, 5.74) is 13.5. The number of hydrogen-bond acceptors (Lipinski definition) is 9. The minimum Gasteiger partial charge on any atom is -0.474 e. The smallest absolute Gasteiger partial charge is 0.250 e.